The lowest BCUT2D eigenvalue weighted by atomic mass is 10.0. The van der Waals surface area contributed by atoms with Gasteiger partial charge in [-0.2, -0.15) is 0 Å². The number of carbonyl (C=O) groups excluding carboxylic acids is 1. The molecule has 1 heterocycles. The molecule has 2 aromatic rings. The van der Waals surface area contributed by atoms with Gasteiger partial charge in [0.1, 0.15) is 11.4 Å². The smallest absolute Gasteiger partial charge is 0.243 e. The van der Waals surface area contributed by atoms with Crippen LogP contribution in [-0.4, -0.2) is 24.6 Å². The second-order valence-electron chi connectivity index (χ2n) is 6.47. The highest BCUT2D eigenvalue weighted by atomic mass is 35.5. The number of hydrogen-bond acceptors (Lipinski definition) is 4. The van der Waals surface area contributed by atoms with E-state index >= 15 is 0 Å². The number of benzene rings is 2. The molecule has 1 aliphatic rings. The predicted octanol–water partition coefficient (Wildman–Crippen LogP) is 3.54. The first-order valence-electron chi connectivity index (χ1n) is 7.72. The molecule has 1 amide bonds. The monoisotopic (exact) mass is 345 g/mol. The van der Waals surface area contributed by atoms with E-state index in [0.717, 1.165) is 11.4 Å². The van der Waals surface area contributed by atoms with Crippen LogP contribution in [0.4, 0.5) is 17.1 Å². The third-order valence-corrected chi connectivity index (χ3v) is 4.09. The zero-order valence-corrected chi connectivity index (χ0v) is 14.4. The zero-order chi connectivity index (χ0) is 17.3. The molecule has 0 aliphatic carbocycles. The van der Waals surface area contributed by atoms with Gasteiger partial charge in [0.15, 0.2) is 0 Å². The molecule has 3 rings (SSSR count). The van der Waals surface area contributed by atoms with Crippen LogP contribution in [0.25, 0.3) is 0 Å². The third-order valence-electron chi connectivity index (χ3n) is 3.76. The molecule has 0 bridgehead atoms. The summed E-state index contributed by atoms with van der Waals surface area (Å²) >= 11 is 6.09. The highest BCUT2D eigenvalue weighted by Crippen LogP contribution is 2.38. The van der Waals surface area contributed by atoms with Crippen LogP contribution in [0.3, 0.4) is 0 Å². The number of anilines is 3. The number of amides is 1. The second-order valence-corrected chi connectivity index (χ2v) is 6.88. The molecule has 0 atom stereocenters. The third kappa shape index (κ3) is 3.57. The topological polar surface area (TPSA) is 67.6 Å². The fourth-order valence-electron chi connectivity index (χ4n) is 2.81. The normalized spacial score (nSPS) is 15.4. The number of ether oxygens (including phenoxy) is 1. The van der Waals surface area contributed by atoms with E-state index in [4.69, 9.17) is 22.1 Å². The quantitative estimate of drug-likeness (QED) is 0.835. The fourth-order valence-corrected chi connectivity index (χ4v) is 2.99. The number of nitrogens with two attached hydrogens (primary N) is 1. The average Bonchev–Trinajstić information content (AvgIpc) is 2.49. The number of nitrogens with zero attached hydrogens (tertiary/aromatic N) is 1. The minimum absolute atomic E-state index is 0.144. The standard InChI is InChI=1S/C18H20ClN3O2/c1-18(2)11-22(15-9-12(20)7-8-16(15)24-18)10-17(23)21-14-6-4-3-5-13(14)19/h3-9H,10-11,20H2,1-2H3,(H,21,23). The highest BCUT2D eigenvalue weighted by molar-refractivity contribution is 6.33. The number of hydrogen-bond donors (Lipinski definition) is 2. The number of rotatable bonds is 3. The van der Waals surface area contributed by atoms with Gasteiger partial charge >= 0.3 is 0 Å². The maximum atomic E-state index is 12.5. The van der Waals surface area contributed by atoms with Crippen molar-refractivity contribution in [3.63, 3.8) is 0 Å². The molecule has 0 fully saturated rings. The van der Waals surface area contributed by atoms with E-state index in [1.54, 1.807) is 18.2 Å². The van der Waals surface area contributed by atoms with Crippen LogP contribution in [0.2, 0.25) is 5.02 Å². The van der Waals surface area contributed by atoms with Gasteiger partial charge in [-0.05, 0) is 44.2 Å². The van der Waals surface area contributed by atoms with Crippen molar-refractivity contribution in [2.75, 3.05) is 29.0 Å². The van der Waals surface area contributed by atoms with Crippen LogP contribution in [0.15, 0.2) is 42.5 Å². The molecule has 0 aromatic heterocycles. The van der Waals surface area contributed by atoms with Crippen molar-refractivity contribution < 1.29 is 9.53 Å². The summed E-state index contributed by atoms with van der Waals surface area (Å²) in [5, 5.41) is 3.36. The molecule has 2 aromatic carbocycles. The van der Waals surface area contributed by atoms with Crippen LogP contribution in [0.5, 0.6) is 5.75 Å². The van der Waals surface area contributed by atoms with E-state index in [9.17, 15) is 4.79 Å². The Morgan fingerprint density at radius 1 is 1.33 bits per heavy atom. The number of carbonyl (C=O) groups is 1. The first-order chi connectivity index (χ1) is 11.3. The minimum atomic E-state index is -0.395. The second kappa shape index (κ2) is 6.24. The molecule has 0 unspecified atom stereocenters. The van der Waals surface area contributed by atoms with Gasteiger partial charge in [-0.25, -0.2) is 0 Å². The molecule has 0 saturated carbocycles. The van der Waals surface area contributed by atoms with Gasteiger partial charge < -0.3 is 20.7 Å². The Balaban J connectivity index is 1.80. The van der Waals surface area contributed by atoms with Gasteiger partial charge in [0, 0.05) is 5.69 Å². The van der Waals surface area contributed by atoms with E-state index in [1.165, 1.54) is 0 Å². The summed E-state index contributed by atoms with van der Waals surface area (Å²) in [5.41, 5.74) is 7.55. The van der Waals surface area contributed by atoms with E-state index in [2.05, 4.69) is 5.32 Å². The van der Waals surface area contributed by atoms with Crippen molar-refractivity contribution in [1.29, 1.82) is 0 Å². The molecule has 0 saturated heterocycles. The molecule has 6 heteroatoms. The Hall–Kier alpha value is -2.40. The summed E-state index contributed by atoms with van der Waals surface area (Å²) in [4.78, 5) is 14.4. The summed E-state index contributed by atoms with van der Waals surface area (Å²) in [6, 6.07) is 12.6. The Labute approximate surface area is 146 Å². The highest BCUT2D eigenvalue weighted by Gasteiger charge is 2.32. The van der Waals surface area contributed by atoms with Crippen molar-refractivity contribution in [1.82, 2.24) is 0 Å². The van der Waals surface area contributed by atoms with Gasteiger partial charge in [0.25, 0.3) is 0 Å². The Morgan fingerprint density at radius 2 is 2.08 bits per heavy atom. The molecule has 3 N–H and O–H groups in total. The predicted molar refractivity (Wildman–Crippen MR) is 97.9 cm³/mol. The Bertz CT molecular complexity index is 777. The Morgan fingerprint density at radius 3 is 2.83 bits per heavy atom. The SMILES string of the molecule is CC1(C)CN(CC(=O)Nc2ccccc2Cl)c2cc(N)ccc2O1. The lowest BCUT2D eigenvalue weighted by Crippen LogP contribution is -2.49. The zero-order valence-electron chi connectivity index (χ0n) is 13.7. The fraction of sp³-hybridized carbons (Fsp3) is 0.278. The van der Waals surface area contributed by atoms with Crippen molar-refractivity contribution in [3.8, 4) is 5.75 Å². The van der Waals surface area contributed by atoms with Gasteiger partial charge in [0.2, 0.25) is 5.91 Å². The van der Waals surface area contributed by atoms with Crippen molar-refractivity contribution >= 4 is 34.6 Å². The molecule has 5 nitrogen and oxygen atoms in total. The van der Waals surface area contributed by atoms with E-state index in [-0.39, 0.29) is 12.5 Å². The van der Waals surface area contributed by atoms with Crippen LogP contribution >= 0.6 is 11.6 Å². The molecule has 24 heavy (non-hydrogen) atoms. The van der Waals surface area contributed by atoms with Crippen LogP contribution in [0.1, 0.15) is 13.8 Å². The summed E-state index contributed by atoms with van der Waals surface area (Å²) < 4.78 is 5.97. The molecule has 0 radical (unpaired) electrons. The first-order valence-corrected chi connectivity index (χ1v) is 8.10. The summed E-state index contributed by atoms with van der Waals surface area (Å²) in [6.07, 6.45) is 0. The lowest BCUT2D eigenvalue weighted by molar-refractivity contribution is -0.115. The maximum absolute atomic E-state index is 12.5. The largest absolute Gasteiger partial charge is 0.484 e. The number of nitrogen functional groups attached to an aromatic ring is 1. The first kappa shape index (κ1) is 16.5. The van der Waals surface area contributed by atoms with Gasteiger partial charge in [-0.15, -0.1) is 0 Å². The van der Waals surface area contributed by atoms with Crippen molar-refractivity contribution in [2.45, 2.75) is 19.4 Å². The average molecular weight is 346 g/mol. The molecule has 0 spiro atoms. The number of halogens is 1. The van der Waals surface area contributed by atoms with Crippen LogP contribution in [-0.2, 0) is 4.79 Å². The van der Waals surface area contributed by atoms with Crippen LogP contribution in [0, 0.1) is 0 Å². The van der Waals surface area contributed by atoms with Gasteiger partial charge in [0.05, 0.1) is 29.5 Å². The summed E-state index contributed by atoms with van der Waals surface area (Å²) in [7, 11) is 0. The number of fused-ring (bicyclic) bond motifs is 1. The molecular formula is C18H20ClN3O2. The number of nitrogens with one attached hydrogen (secondary N) is 1. The van der Waals surface area contributed by atoms with Crippen LogP contribution < -0.4 is 20.7 Å². The van der Waals surface area contributed by atoms with Gasteiger partial charge in [-0.3, -0.25) is 4.79 Å². The summed E-state index contributed by atoms with van der Waals surface area (Å²) in [5.74, 6) is 0.583. The Kier molecular flexibility index (Phi) is 4.28. The molecule has 126 valence electrons. The summed E-state index contributed by atoms with van der Waals surface area (Å²) in [6.45, 7) is 4.75. The lowest BCUT2D eigenvalue weighted by Gasteiger charge is -2.40. The van der Waals surface area contributed by atoms with E-state index in [0.29, 0.717) is 22.9 Å². The van der Waals surface area contributed by atoms with Crippen molar-refractivity contribution in [3.05, 3.63) is 47.5 Å². The van der Waals surface area contributed by atoms with Crippen molar-refractivity contribution in [2.24, 2.45) is 0 Å². The molecular weight excluding hydrogens is 326 g/mol. The maximum Gasteiger partial charge on any atom is 0.243 e. The van der Waals surface area contributed by atoms with E-state index < -0.39 is 5.60 Å². The minimum Gasteiger partial charge on any atom is -0.484 e. The van der Waals surface area contributed by atoms with E-state index in [1.807, 2.05) is 43.0 Å². The number of para-hydroxylation sites is 1. The van der Waals surface area contributed by atoms with Gasteiger partial charge in [-0.1, -0.05) is 23.7 Å². The molecule has 1 aliphatic heterocycles.